The average Bonchev–Trinajstić information content (AvgIpc) is 2.63. The molecular weight excluding hydrogens is 263 g/mol. The summed E-state index contributed by atoms with van der Waals surface area (Å²) in [7, 11) is 0. The molecule has 2 nitrogen and oxygen atoms in total. The lowest BCUT2D eigenvalue weighted by Gasteiger charge is -2.07. The van der Waals surface area contributed by atoms with Crippen molar-refractivity contribution in [2.75, 3.05) is 6.26 Å². The minimum Gasteiger partial charge on any atom is -0.301 e. The molecule has 0 atom stereocenters. The molecule has 0 unspecified atom stereocenters. The molecule has 0 amide bonds. The van der Waals surface area contributed by atoms with E-state index in [4.69, 9.17) is 23.2 Å². The van der Waals surface area contributed by atoms with Crippen molar-refractivity contribution in [1.82, 2.24) is 9.55 Å². The lowest BCUT2D eigenvalue weighted by Crippen LogP contribution is -1.97. The van der Waals surface area contributed by atoms with Crippen LogP contribution in [0.4, 0.5) is 0 Å². The van der Waals surface area contributed by atoms with Crippen LogP contribution < -0.4 is 0 Å². The Morgan fingerprint density at radius 1 is 1.25 bits per heavy atom. The van der Waals surface area contributed by atoms with Crippen molar-refractivity contribution in [2.24, 2.45) is 0 Å². The normalized spacial score (nSPS) is 10.7. The Balaban J connectivity index is 2.43. The van der Waals surface area contributed by atoms with Crippen LogP contribution in [-0.4, -0.2) is 15.8 Å². The van der Waals surface area contributed by atoms with Crippen molar-refractivity contribution >= 4 is 35.0 Å². The monoisotopic (exact) mass is 272 g/mol. The van der Waals surface area contributed by atoms with E-state index in [2.05, 4.69) is 4.98 Å². The van der Waals surface area contributed by atoms with Crippen LogP contribution in [-0.2, 0) is 5.75 Å². The first-order valence-electron chi connectivity index (χ1n) is 4.69. The molecule has 0 spiro atoms. The van der Waals surface area contributed by atoms with E-state index in [0.29, 0.717) is 5.15 Å². The predicted molar refractivity (Wildman–Crippen MR) is 70.8 cm³/mol. The Morgan fingerprint density at radius 2 is 1.94 bits per heavy atom. The van der Waals surface area contributed by atoms with Crippen LogP contribution in [0.5, 0.6) is 0 Å². The standard InChI is InChI=1S/C11H10Cl2N2S/c1-16-6-10-11(13)14-7-15(10)9-4-2-8(12)3-5-9/h2-5,7H,6H2,1H3. The van der Waals surface area contributed by atoms with Gasteiger partial charge in [-0.05, 0) is 30.5 Å². The molecule has 0 bridgehead atoms. The maximum atomic E-state index is 6.03. The Morgan fingerprint density at radius 3 is 2.56 bits per heavy atom. The van der Waals surface area contributed by atoms with E-state index < -0.39 is 0 Å². The highest BCUT2D eigenvalue weighted by Gasteiger charge is 2.09. The first kappa shape index (κ1) is 11.8. The highest BCUT2D eigenvalue weighted by atomic mass is 35.5. The molecule has 1 aromatic heterocycles. The molecular formula is C11H10Cl2N2S. The molecule has 0 aliphatic rings. The van der Waals surface area contributed by atoms with Crippen LogP contribution in [0, 0.1) is 0 Å². The number of nitrogens with zero attached hydrogens (tertiary/aromatic N) is 2. The van der Waals surface area contributed by atoms with Gasteiger partial charge < -0.3 is 4.57 Å². The molecule has 0 saturated heterocycles. The Hall–Kier alpha value is -0.640. The van der Waals surface area contributed by atoms with Crippen LogP contribution >= 0.6 is 35.0 Å². The van der Waals surface area contributed by atoms with Gasteiger partial charge >= 0.3 is 0 Å². The molecule has 0 aliphatic heterocycles. The molecule has 0 saturated carbocycles. The number of rotatable bonds is 3. The minimum atomic E-state index is 0.560. The smallest absolute Gasteiger partial charge is 0.151 e. The predicted octanol–water partition coefficient (Wildman–Crippen LogP) is 4.04. The van der Waals surface area contributed by atoms with Gasteiger partial charge in [0.05, 0.1) is 5.69 Å². The van der Waals surface area contributed by atoms with E-state index in [-0.39, 0.29) is 0 Å². The summed E-state index contributed by atoms with van der Waals surface area (Å²) >= 11 is 13.6. The zero-order valence-corrected chi connectivity index (χ0v) is 11.0. The second-order valence-corrected chi connectivity index (χ2v) is 4.92. The van der Waals surface area contributed by atoms with Gasteiger partial charge in [-0.2, -0.15) is 11.8 Å². The number of benzene rings is 1. The third-order valence-electron chi connectivity index (χ3n) is 2.20. The van der Waals surface area contributed by atoms with Crippen LogP contribution in [0.1, 0.15) is 5.69 Å². The summed E-state index contributed by atoms with van der Waals surface area (Å²) in [6.45, 7) is 0. The fourth-order valence-electron chi connectivity index (χ4n) is 1.44. The SMILES string of the molecule is CSCc1c(Cl)ncn1-c1ccc(Cl)cc1. The molecule has 2 aromatic rings. The van der Waals surface area contributed by atoms with E-state index in [9.17, 15) is 0 Å². The second kappa shape index (κ2) is 5.13. The molecule has 0 radical (unpaired) electrons. The highest BCUT2D eigenvalue weighted by Crippen LogP contribution is 2.23. The Kier molecular flexibility index (Phi) is 3.79. The Labute approximate surface area is 109 Å². The van der Waals surface area contributed by atoms with Gasteiger partial charge in [0.25, 0.3) is 0 Å². The quantitative estimate of drug-likeness (QED) is 0.839. The lowest BCUT2D eigenvalue weighted by molar-refractivity contribution is 0.995. The maximum absolute atomic E-state index is 6.03. The lowest BCUT2D eigenvalue weighted by atomic mass is 10.3. The van der Waals surface area contributed by atoms with Gasteiger partial charge in [-0.15, -0.1) is 0 Å². The maximum Gasteiger partial charge on any atom is 0.151 e. The van der Waals surface area contributed by atoms with E-state index >= 15 is 0 Å². The van der Waals surface area contributed by atoms with E-state index in [0.717, 1.165) is 22.2 Å². The summed E-state index contributed by atoms with van der Waals surface area (Å²) in [6, 6.07) is 7.61. The van der Waals surface area contributed by atoms with E-state index in [1.807, 2.05) is 35.1 Å². The fraction of sp³-hybridized carbons (Fsp3) is 0.182. The van der Waals surface area contributed by atoms with Crippen molar-refractivity contribution in [3.63, 3.8) is 0 Å². The summed E-state index contributed by atoms with van der Waals surface area (Å²) in [4.78, 5) is 4.12. The molecule has 5 heteroatoms. The van der Waals surface area contributed by atoms with E-state index in [1.165, 1.54) is 0 Å². The van der Waals surface area contributed by atoms with Crippen molar-refractivity contribution in [1.29, 1.82) is 0 Å². The van der Waals surface area contributed by atoms with Crippen molar-refractivity contribution in [2.45, 2.75) is 5.75 Å². The van der Waals surface area contributed by atoms with Gasteiger partial charge in [-0.3, -0.25) is 0 Å². The van der Waals surface area contributed by atoms with Crippen LogP contribution in [0.15, 0.2) is 30.6 Å². The molecule has 0 aliphatic carbocycles. The average molecular weight is 273 g/mol. The summed E-state index contributed by atoms with van der Waals surface area (Å²) in [5, 5.41) is 1.28. The van der Waals surface area contributed by atoms with Gasteiger partial charge in [-0.25, -0.2) is 4.98 Å². The zero-order valence-electron chi connectivity index (χ0n) is 8.65. The third kappa shape index (κ3) is 2.37. The first-order valence-corrected chi connectivity index (χ1v) is 6.84. The molecule has 1 heterocycles. The summed E-state index contributed by atoms with van der Waals surface area (Å²) in [5.41, 5.74) is 2.03. The highest BCUT2D eigenvalue weighted by molar-refractivity contribution is 7.97. The van der Waals surface area contributed by atoms with Crippen LogP contribution in [0.25, 0.3) is 5.69 Å². The molecule has 0 N–H and O–H groups in total. The number of imidazole rings is 1. The summed E-state index contributed by atoms with van der Waals surface area (Å²) < 4.78 is 1.98. The Bertz CT molecular complexity index is 479. The fourth-order valence-corrected chi connectivity index (χ4v) is 2.40. The largest absolute Gasteiger partial charge is 0.301 e. The minimum absolute atomic E-state index is 0.560. The number of aromatic nitrogens is 2. The number of halogens is 2. The number of hydrogen-bond donors (Lipinski definition) is 0. The van der Waals surface area contributed by atoms with Gasteiger partial charge in [0.2, 0.25) is 0 Å². The van der Waals surface area contributed by atoms with Crippen LogP contribution in [0.3, 0.4) is 0 Å². The van der Waals surface area contributed by atoms with E-state index in [1.54, 1.807) is 18.1 Å². The van der Waals surface area contributed by atoms with Crippen molar-refractivity contribution in [3.8, 4) is 5.69 Å². The molecule has 1 aromatic carbocycles. The number of thioether (sulfide) groups is 1. The second-order valence-electron chi connectivity index (χ2n) is 3.26. The van der Waals surface area contributed by atoms with Crippen molar-refractivity contribution < 1.29 is 0 Å². The zero-order chi connectivity index (χ0) is 11.5. The topological polar surface area (TPSA) is 17.8 Å². The van der Waals surface area contributed by atoms with Gasteiger partial charge in [0.1, 0.15) is 6.33 Å². The first-order chi connectivity index (χ1) is 7.72. The number of hydrogen-bond acceptors (Lipinski definition) is 2. The summed E-state index contributed by atoms with van der Waals surface area (Å²) in [6.07, 6.45) is 3.77. The van der Waals surface area contributed by atoms with Gasteiger partial charge in [0, 0.05) is 16.5 Å². The van der Waals surface area contributed by atoms with Gasteiger partial charge in [-0.1, -0.05) is 23.2 Å². The molecule has 0 fully saturated rings. The molecule has 84 valence electrons. The van der Waals surface area contributed by atoms with Crippen molar-refractivity contribution in [3.05, 3.63) is 46.5 Å². The van der Waals surface area contributed by atoms with Crippen LogP contribution in [0.2, 0.25) is 10.2 Å². The summed E-state index contributed by atoms with van der Waals surface area (Å²) in [5.74, 6) is 0.835. The molecule has 16 heavy (non-hydrogen) atoms. The van der Waals surface area contributed by atoms with Gasteiger partial charge in [0.15, 0.2) is 5.15 Å². The molecule has 2 rings (SSSR count). The third-order valence-corrected chi connectivity index (χ3v) is 3.33.